The average Bonchev–Trinajstić information content (AvgIpc) is 2.10. The first-order valence-corrected chi connectivity index (χ1v) is 4.43. The van der Waals surface area contributed by atoms with Crippen molar-refractivity contribution in [2.24, 2.45) is 0 Å². The minimum absolute atomic E-state index is 0.0484. The quantitative estimate of drug-likeness (QED) is 0.331. The topological polar surface area (TPSA) is 18.5 Å². The largest absolute Gasteiger partial charge is 0.356 e. The van der Waals surface area contributed by atoms with Gasteiger partial charge in [-0.05, 0) is 12.8 Å². The van der Waals surface area contributed by atoms with Gasteiger partial charge in [-0.1, -0.05) is 13.3 Å². The second-order valence-electron chi connectivity index (χ2n) is 2.63. The van der Waals surface area contributed by atoms with E-state index in [0.29, 0.717) is 6.61 Å². The lowest BCUT2D eigenvalue weighted by atomic mass is 10.3. The monoisotopic (exact) mass is 170 g/mol. The van der Waals surface area contributed by atoms with Crippen molar-refractivity contribution in [2.45, 2.75) is 38.9 Å². The van der Waals surface area contributed by atoms with Gasteiger partial charge in [0.15, 0.2) is 6.29 Å². The molecule has 2 nitrogen and oxygen atoms in total. The lowest BCUT2D eigenvalue weighted by Crippen LogP contribution is -2.15. The van der Waals surface area contributed by atoms with E-state index >= 15 is 0 Å². The van der Waals surface area contributed by atoms with Crippen LogP contribution in [0.5, 0.6) is 0 Å². The van der Waals surface area contributed by atoms with E-state index in [-0.39, 0.29) is 6.29 Å². The predicted octanol–water partition coefficient (Wildman–Crippen LogP) is 2.19. The van der Waals surface area contributed by atoms with E-state index < -0.39 is 0 Å². The van der Waals surface area contributed by atoms with E-state index in [9.17, 15) is 0 Å². The molecule has 0 N–H and O–H groups in total. The Morgan fingerprint density at radius 3 is 2.75 bits per heavy atom. The van der Waals surface area contributed by atoms with Crippen molar-refractivity contribution in [3.8, 4) is 12.3 Å². The smallest absolute Gasteiger partial charge is 0.157 e. The highest BCUT2D eigenvalue weighted by Gasteiger charge is 2.03. The van der Waals surface area contributed by atoms with Gasteiger partial charge in [0.05, 0.1) is 6.61 Å². The maximum Gasteiger partial charge on any atom is 0.157 e. The Labute approximate surface area is 75.3 Å². The lowest BCUT2D eigenvalue weighted by Gasteiger charge is -2.14. The number of methoxy groups -OCH3 is 1. The molecule has 0 aliphatic rings. The second-order valence-corrected chi connectivity index (χ2v) is 2.63. The first-order chi connectivity index (χ1) is 5.85. The summed E-state index contributed by atoms with van der Waals surface area (Å²) in [6.07, 6.45) is 8.78. The summed E-state index contributed by atoms with van der Waals surface area (Å²) in [5, 5.41) is 0. The lowest BCUT2D eigenvalue weighted by molar-refractivity contribution is -0.127. The number of ether oxygens (including phenoxy) is 2. The van der Waals surface area contributed by atoms with Crippen LogP contribution in [0.4, 0.5) is 0 Å². The minimum Gasteiger partial charge on any atom is -0.356 e. The van der Waals surface area contributed by atoms with Crippen LogP contribution < -0.4 is 0 Å². The third-order valence-corrected chi connectivity index (χ3v) is 1.56. The highest BCUT2D eigenvalue weighted by atomic mass is 16.7. The number of hydrogen-bond acceptors (Lipinski definition) is 2. The molecule has 0 aliphatic heterocycles. The summed E-state index contributed by atoms with van der Waals surface area (Å²) in [6, 6.07) is 0. The summed E-state index contributed by atoms with van der Waals surface area (Å²) in [7, 11) is 1.67. The van der Waals surface area contributed by atoms with Crippen molar-refractivity contribution in [1.29, 1.82) is 0 Å². The van der Waals surface area contributed by atoms with Gasteiger partial charge in [0, 0.05) is 13.5 Å². The fourth-order valence-electron chi connectivity index (χ4n) is 0.894. The molecule has 0 aromatic heterocycles. The summed E-state index contributed by atoms with van der Waals surface area (Å²) in [4.78, 5) is 0. The molecule has 0 saturated carbocycles. The van der Waals surface area contributed by atoms with Gasteiger partial charge < -0.3 is 9.47 Å². The SMILES string of the molecule is C#CCCCOC(CCC)OC. The van der Waals surface area contributed by atoms with Crippen molar-refractivity contribution >= 4 is 0 Å². The summed E-state index contributed by atoms with van der Waals surface area (Å²) >= 11 is 0. The van der Waals surface area contributed by atoms with E-state index in [1.807, 2.05) is 0 Å². The molecule has 2 heteroatoms. The molecule has 0 rings (SSSR count). The highest BCUT2D eigenvalue weighted by Crippen LogP contribution is 2.03. The Bertz CT molecular complexity index is 126. The van der Waals surface area contributed by atoms with Crippen LogP contribution in [0.15, 0.2) is 0 Å². The van der Waals surface area contributed by atoms with Crippen LogP contribution in [0.2, 0.25) is 0 Å². The molecule has 0 spiro atoms. The van der Waals surface area contributed by atoms with E-state index in [1.54, 1.807) is 7.11 Å². The van der Waals surface area contributed by atoms with Crippen LogP contribution >= 0.6 is 0 Å². The van der Waals surface area contributed by atoms with Gasteiger partial charge in [-0.25, -0.2) is 0 Å². The number of hydrogen-bond donors (Lipinski definition) is 0. The van der Waals surface area contributed by atoms with E-state index in [2.05, 4.69) is 12.8 Å². The zero-order chi connectivity index (χ0) is 9.23. The van der Waals surface area contributed by atoms with Crippen molar-refractivity contribution in [1.82, 2.24) is 0 Å². The van der Waals surface area contributed by atoms with Crippen LogP contribution in [0.3, 0.4) is 0 Å². The van der Waals surface area contributed by atoms with Crippen molar-refractivity contribution in [3.63, 3.8) is 0 Å². The van der Waals surface area contributed by atoms with Gasteiger partial charge in [0.25, 0.3) is 0 Å². The third-order valence-electron chi connectivity index (χ3n) is 1.56. The molecule has 0 aromatic carbocycles. The highest BCUT2D eigenvalue weighted by molar-refractivity contribution is 4.82. The number of unbranched alkanes of at least 4 members (excludes halogenated alkanes) is 1. The normalized spacial score (nSPS) is 12.4. The van der Waals surface area contributed by atoms with Crippen LogP contribution in [0, 0.1) is 12.3 Å². The molecular formula is C10H18O2. The second kappa shape index (κ2) is 8.58. The van der Waals surface area contributed by atoms with Gasteiger partial charge >= 0.3 is 0 Å². The van der Waals surface area contributed by atoms with Gasteiger partial charge in [0.2, 0.25) is 0 Å². The Morgan fingerprint density at radius 2 is 2.25 bits per heavy atom. The molecule has 0 saturated heterocycles. The maximum atomic E-state index is 5.42. The van der Waals surface area contributed by atoms with Crippen molar-refractivity contribution in [3.05, 3.63) is 0 Å². The van der Waals surface area contributed by atoms with Gasteiger partial charge in [-0.2, -0.15) is 0 Å². The molecule has 70 valence electrons. The standard InChI is InChI=1S/C10H18O2/c1-4-6-7-9-12-10(11-3)8-5-2/h1,10H,5-9H2,2-3H3. The molecular weight excluding hydrogens is 152 g/mol. The Morgan fingerprint density at radius 1 is 1.50 bits per heavy atom. The van der Waals surface area contributed by atoms with Gasteiger partial charge in [0.1, 0.15) is 0 Å². The average molecular weight is 170 g/mol. The fraction of sp³-hybridized carbons (Fsp3) is 0.800. The maximum absolute atomic E-state index is 5.42. The summed E-state index contributed by atoms with van der Waals surface area (Å²) in [5.41, 5.74) is 0. The first-order valence-electron chi connectivity index (χ1n) is 4.43. The molecule has 1 atom stereocenters. The minimum atomic E-state index is -0.0484. The molecule has 1 unspecified atom stereocenters. The summed E-state index contributed by atoms with van der Waals surface area (Å²) in [5.74, 6) is 2.57. The molecule has 12 heavy (non-hydrogen) atoms. The molecule has 0 radical (unpaired) electrons. The van der Waals surface area contributed by atoms with Crippen molar-refractivity contribution in [2.75, 3.05) is 13.7 Å². The number of rotatable bonds is 7. The first kappa shape index (κ1) is 11.5. The van der Waals surface area contributed by atoms with Crippen LogP contribution in [0.1, 0.15) is 32.6 Å². The van der Waals surface area contributed by atoms with E-state index in [0.717, 1.165) is 25.7 Å². The van der Waals surface area contributed by atoms with Crippen LogP contribution in [-0.2, 0) is 9.47 Å². The predicted molar refractivity (Wildman–Crippen MR) is 49.7 cm³/mol. The zero-order valence-electron chi connectivity index (χ0n) is 8.01. The van der Waals surface area contributed by atoms with Gasteiger partial charge in [-0.3, -0.25) is 0 Å². The van der Waals surface area contributed by atoms with E-state index in [4.69, 9.17) is 15.9 Å². The van der Waals surface area contributed by atoms with Crippen LogP contribution in [-0.4, -0.2) is 20.0 Å². The van der Waals surface area contributed by atoms with Gasteiger partial charge in [-0.15, -0.1) is 12.3 Å². The Hall–Kier alpha value is -0.520. The molecule has 0 aliphatic carbocycles. The molecule has 0 fully saturated rings. The summed E-state index contributed by atoms with van der Waals surface area (Å²) < 4.78 is 10.5. The van der Waals surface area contributed by atoms with Crippen LogP contribution in [0.25, 0.3) is 0 Å². The number of terminal acetylenes is 1. The van der Waals surface area contributed by atoms with Crippen molar-refractivity contribution < 1.29 is 9.47 Å². The zero-order valence-corrected chi connectivity index (χ0v) is 8.01. The molecule has 0 heterocycles. The molecule has 0 aromatic rings. The molecule has 0 amide bonds. The molecule has 0 bridgehead atoms. The third kappa shape index (κ3) is 6.21. The Kier molecular flexibility index (Phi) is 8.20. The Balaban J connectivity index is 3.26. The van der Waals surface area contributed by atoms with E-state index in [1.165, 1.54) is 0 Å². The fourth-order valence-corrected chi connectivity index (χ4v) is 0.894. The summed E-state index contributed by atoms with van der Waals surface area (Å²) in [6.45, 7) is 2.81.